The van der Waals surface area contributed by atoms with Crippen LogP contribution in [0.25, 0.3) is 0 Å². The first kappa shape index (κ1) is 22.5. The Kier molecular flexibility index (Phi) is 6.89. The Balaban J connectivity index is 1.76. The number of hydrogen-bond acceptors (Lipinski definition) is 5. The first-order valence-corrected chi connectivity index (χ1v) is 11.0. The number of hydrogen-bond donors (Lipinski definition) is 2. The third-order valence-electron chi connectivity index (χ3n) is 5.35. The van der Waals surface area contributed by atoms with Gasteiger partial charge in [0.05, 0.1) is 25.3 Å². The van der Waals surface area contributed by atoms with Crippen molar-refractivity contribution in [3.8, 4) is 11.5 Å². The number of rotatable bonds is 7. The van der Waals surface area contributed by atoms with E-state index in [0.29, 0.717) is 27.4 Å². The van der Waals surface area contributed by atoms with Gasteiger partial charge >= 0.3 is 0 Å². The number of aliphatic hydroxyl groups is 1. The van der Waals surface area contributed by atoms with Crippen LogP contribution in [0, 0.1) is 0 Å². The fourth-order valence-electron chi connectivity index (χ4n) is 3.66. The van der Waals surface area contributed by atoms with Crippen molar-refractivity contribution < 1.29 is 14.6 Å². The molecule has 0 saturated carbocycles. The summed E-state index contributed by atoms with van der Waals surface area (Å²) in [5.41, 5.74) is 2.89. The van der Waals surface area contributed by atoms with Crippen molar-refractivity contribution in [2.75, 3.05) is 13.7 Å². The zero-order valence-corrected chi connectivity index (χ0v) is 19.3. The number of nitrogens with zero attached hydrogens (tertiary/aromatic N) is 1. The van der Waals surface area contributed by atoms with Gasteiger partial charge in [0.25, 0.3) is 0 Å². The van der Waals surface area contributed by atoms with Crippen molar-refractivity contribution in [1.82, 2.24) is 5.32 Å². The van der Waals surface area contributed by atoms with E-state index >= 15 is 0 Å². The van der Waals surface area contributed by atoms with Gasteiger partial charge < -0.3 is 19.9 Å². The van der Waals surface area contributed by atoms with Crippen molar-refractivity contribution in [2.45, 2.75) is 25.1 Å². The summed E-state index contributed by atoms with van der Waals surface area (Å²) in [4.78, 5) is 5.03. The zero-order valence-electron chi connectivity index (χ0n) is 17.8. The average Bonchev–Trinajstić information content (AvgIpc) is 3.25. The van der Waals surface area contributed by atoms with Gasteiger partial charge in [0.2, 0.25) is 0 Å². The summed E-state index contributed by atoms with van der Waals surface area (Å²) in [6.07, 6.45) is -0.373. The van der Waals surface area contributed by atoms with E-state index in [2.05, 4.69) is 5.32 Å². The maximum Gasteiger partial charge on any atom is 0.134 e. The van der Waals surface area contributed by atoms with E-state index in [1.54, 1.807) is 20.1 Å². The van der Waals surface area contributed by atoms with E-state index < -0.39 is 0 Å². The molecule has 0 fully saturated rings. The van der Waals surface area contributed by atoms with E-state index in [9.17, 15) is 5.11 Å². The molecule has 0 aromatic heterocycles. The highest BCUT2D eigenvalue weighted by Gasteiger charge is 2.33. The van der Waals surface area contributed by atoms with Crippen LogP contribution in [0.3, 0.4) is 0 Å². The van der Waals surface area contributed by atoms with E-state index in [-0.39, 0.29) is 24.8 Å². The van der Waals surface area contributed by atoms with Gasteiger partial charge in [-0.3, -0.25) is 4.99 Å². The molecular weight excluding hydrogens is 447 g/mol. The Morgan fingerprint density at radius 2 is 1.59 bits per heavy atom. The van der Waals surface area contributed by atoms with Crippen molar-refractivity contribution in [3.63, 3.8) is 0 Å². The second-order valence-electron chi connectivity index (χ2n) is 7.62. The van der Waals surface area contributed by atoms with Crippen LogP contribution in [0.1, 0.15) is 35.7 Å². The number of aliphatic imine (C=N–C) groups is 1. The Bertz CT molecular complexity index is 1100. The van der Waals surface area contributed by atoms with Crippen LogP contribution in [0.5, 0.6) is 11.5 Å². The third-order valence-corrected chi connectivity index (χ3v) is 5.85. The molecule has 1 aliphatic rings. The van der Waals surface area contributed by atoms with E-state index in [1.807, 2.05) is 60.7 Å². The second-order valence-corrected chi connectivity index (χ2v) is 8.49. The average molecular weight is 471 g/mol. The van der Waals surface area contributed by atoms with Crippen molar-refractivity contribution >= 4 is 29.0 Å². The molecule has 3 unspecified atom stereocenters. The SMILES string of the molecule is COc1ccc(C2=NC(c3ccc(Cl)cc3)C(c3ccc(Cl)cc3)N2)c(OC(C)CO)c1. The van der Waals surface area contributed by atoms with Gasteiger partial charge in [-0.15, -0.1) is 0 Å². The molecule has 2 N–H and O–H groups in total. The summed E-state index contributed by atoms with van der Waals surface area (Å²) in [5, 5.41) is 14.4. The largest absolute Gasteiger partial charge is 0.497 e. The van der Waals surface area contributed by atoms with Gasteiger partial charge in [-0.2, -0.15) is 0 Å². The van der Waals surface area contributed by atoms with Crippen LogP contribution in [-0.4, -0.2) is 30.8 Å². The second kappa shape index (κ2) is 9.82. The number of benzene rings is 3. The molecule has 3 aromatic rings. The van der Waals surface area contributed by atoms with Crippen molar-refractivity contribution in [3.05, 3.63) is 93.5 Å². The number of halogens is 2. The van der Waals surface area contributed by atoms with Crippen LogP contribution in [-0.2, 0) is 0 Å². The number of nitrogens with one attached hydrogen (secondary N) is 1. The lowest BCUT2D eigenvalue weighted by Gasteiger charge is -2.20. The Morgan fingerprint density at radius 1 is 0.969 bits per heavy atom. The van der Waals surface area contributed by atoms with Crippen LogP contribution in [0.15, 0.2) is 71.7 Å². The van der Waals surface area contributed by atoms with Crippen molar-refractivity contribution in [1.29, 1.82) is 0 Å². The normalized spacial score (nSPS) is 18.6. The van der Waals surface area contributed by atoms with Gasteiger partial charge in [-0.1, -0.05) is 47.5 Å². The number of amidine groups is 1. The molecule has 0 saturated heterocycles. The molecule has 0 radical (unpaired) electrons. The monoisotopic (exact) mass is 470 g/mol. The quantitative estimate of drug-likeness (QED) is 0.471. The predicted octanol–water partition coefficient (Wildman–Crippen LogP) is 5.59. The molecule has 0 amide bonds. The lowest BCUT2D eigenvalue weighted by atomic mass is 9.95. The van der Waals surface area contributed by atoms with Crippen molar-refractivity contribution in [2.24, 2.45) is 4.99 Å². The number of aliphatic hydroxyl groups excluding tert-OH is 1. The molecular formula is C25H24Cl2N2O3. The molecule has 1 heterocycles. The first-order valence-electron chi connectivity index (χ1n) is 10.3. The summed E-state index contributed by atoms with van der Waals surface area (Å²) in [5.74, 6) is 1.95. The maximum atomic E-state index is 9.48. The van der Waals surface area contributed by atoms with Gasteiger partial charge in [0.1, 0.15) is 29.5 Å². The maximum absolute atomic E-state index is 9.48. The molecule has 0 aliphatic carbocycles. The van der Waals surface area contributed by atoms with Crippen LogP contribution >= 0.6 is 23.2 Å². The summed E-state index contributed by atoms with van der Waals surface area (Å²) >= 11 is 12.2. The van der Waals surface area contributed by atoms with Crippen LogP contribution in [0.4, 0.5) is 0 Å². The highest BCUT2D eigenvalue weighted by molar-refractivity contribution is 6.30. The standard InChI is InChI=1S/C25H24Cl2N2O3/c1-15(14-30)32-22-13-20(31-2)11-12-21(22)25-28-23(16-3-7-18(26)8-4-16)24(29-25)17-5-9-19(27)10-6-17/h3-13,15,23-24,30H,14H2,1-2H3,(H,28,29). The summed E-state index contributed by atoms with van der Waals surface area (Å²) in [6, 6.07) is 20.8. The zero-order chi connectivity index (χ0) is 22.7. The topological polar surface area (TPSA) is 63.1 Å². The fourth-order valence-corrected chi connectivity index (χ4v) is 3.92. The third kappa shape index (κ3) is 4.85. The molecule has 0 spiro atoms. The predicted molar refractivity (Wildman–Crippen MR) is 128 cm³/mol. The molecule has 4 rings (SSSR count). The van der Waals surface area contributed by atoms with E-state index in [1.165, 1.54) is 0 Å². The number of ether oxygens (including phenoxy) is 2. The molecule has 1 aliphatic heterocycles. The fraction of sp³-hybridized carbons (Fsp3) is 0.240. The van der Waals surface area contributed by atoms with E-state index in [0.717, 1.165) is 16.7 Å². The summed E-state index contributed by atoms with van der Waals surface area (Å²) in [7, 11) is 1.60. The highest BCUT2D eigenvalue weighted by atomic mass is 35.5. The summed E-state index contributed by atoms with van der Waals surface area (Å²) < 4.78 is 11.3. The van der Waals surface area contributed by atoms with Crippen LogP contribution < -0.4 is 14.8 Å². The molecule has 166 valence electrons. The van der Waals surface area contributed by atoms with Gasteiger partial charge in [-0.05, 0) is 54.4 Å². The minimum atomic E-state index is -0.373. The molecule has 0 bridgehead atoms. The smallest absolute Gasteiger partial charge is 0.134 e. The highest BCUT2D eigenvalue weighted by Crippen LogP contribution is 2.39. The minimum Gasteiger partial charge on any atom is -0.497 e. The Hall–Kier alpha value is -2.73. The van der Waals surface area contributed by atoms with Crippen LogP contribution in [0.2, 0.25) is 10.0 Å². The van der Waals surface area contributed by atoms with Gasteiger partial charge in [0.15, 0.2) is 0 Å². The lowest BCUT2D eigenvalue weighted by molar-refractivity contribution is 0.129. The molecule has 7 heteroatoms. The van der Waals surface area contributed by atoms with E-state index in [4.69, 9.17) is 37.7 Å². The van der Waals surface area contributed by atoms with Gasteiger partial charge in [0, 0.05) is 16.1 Å². The molecule has 32 heavy (non-hydrogen) atoms. The number of methoxy groups -OCH3 is 1. The molecule has 3 aromatic carbocycles. The minimum absolute atomic E-state index is 0.0998. The lowest BCUT2D eigenvalue weighted by Crippen LogP contribution is -2.26. The Labute approximate surface area is 197 Å². The summed E-state index contributed by atoms with van der Waals surface area (Å²) in [6.45, 7) is 1.71. The Morgan fingerprint density at radius 3 is 2.19 bits per heavy atom. The van der Waals surface area contributed by atoms with Gasteiger partial charge in [-0.25, -0.2) is 0 Å². The molecule has 3 atom stereocenters. The molecule has 5 nitrogen and oxygen atoms in total. The first-order chi connectivity index (χ1) is 15.5.